The van der Waals surface area contributed by atoms with Crippen LogP contribution >= 0.6 is 0 Å². The number of ether oxygens (including phenoxy) is 1. The van der Waals surface area contributed by atoms with Gasteiger partial charge in [0.25, 0.3) is 0 Å². The molecule has 0 spiro atoms. The maximum atomic E-state index is 14.4. The van der Waals surface area contributed by atoms with Crippen molar-refractivity contribution in [2.45, 2.75) is 118 Å². The van der Waals surface area contributed by atoms with Crippen LogP contribution in [0, 0.1) is 0 Å². The zero-order valence-corrected chi connectivity index (χ0v) is 32.7. The van der Waals surface area contributed by atoms with Crippen molar-refractivity contribution in [3.8, 4) is 5.75 Å². The third-order valence-corrected chi connectivity index (χ3v) is 10.00. The fourth-order valence-electron chi connectivity index (χ4n) is 7.49. The van der Waals surface area contributed by atoms with Crippen molar-refractivity contribution in [2.75, 3.05) is 0 Å². The molecule has 0 fully saturated rings. The van der Waals surface area contributed by atoms with Crippen LogP contribution in [0.1, 0.15) is 144 Å². The van der Waals surface area contributed by atoms with Gasteiger partial charge < -0.3 is 14.7 Å². The summed E-state index contributed by atoms with van der Waals surface area (Å²) in [5.74, 6) is -3.17. The number of nitrogens with zero attached hydrogens (tertiary/aromatic N) is 4. The summed E-state index contributed by atoms with van der Waals surface area (Å²) in [5, 5.41) is 0. The van der Waals surface area contributed by atoms with E-state index in [1.807, 2.05) is 32.9 Å². The summed E-state index contributed by atoms with van der Waals surface area (Å²) in [6, 6.07) is 5.55. The summed E-state index contributed by atoms with van der Waals surface area (Å²) in [6.07, 6.45) is -1.11. The summed E-state index contributed by atoms with van der Waals surface area (Å²) in [6.45, 7) is 15.7. The molecule has 0 aromatic carbocycles. The first-order chi connectivity index (χ1) is 22.9. The molecule has 0 radical (unpaired) electrons. The number of aromatic nitrogens is 4. The van der Waals surface area contributed by atoms with E-state index in [0.717, 1.165) is 51.0 Å². The second kappa shape index (κ2) is 14.7. The van der Waals surface area contributed by atoms with Gasteiger partial charge in [-0.25, -0.2) is 14.8 Å². The fourth-order valence-corrected chi connectivity index (χ4v) is 7.49. The van der Waals surface area contributed by atoms with Gasteiger partial charge >= 0.3 is 31.6 Å². The average molecular weight is 726 g/mol. The zero-order valence-electron chi connectivity index (χ0n) is 29.7. The van der Waals surface area contributed by atoms with E-state index < -0.39 is 23.3 Å². The van der Waals surface area contributed by atoms with Crippen LogP contribution < -0.4 is 14.7 Å². The molecule has 0 atom stereocenters. The van der Waals surface area contributed by atoms with E-state index in [4.69, 9.17) is 24.7 Å². The molecule has 3 aliphatic rings. The van der Waals surface area contributed by atoms with Crippen molar-refractivity contribution in [3.63, 3.8) is 0 Å². The summed E-state index contributed by atoms with van der Waals surface area (Å²) < 4.78 is 46.9. The topological polar surface area (TPSA) is 97.3 Å². The van der Waals surface area contributed by atoms with Crippen LogP contribution in [0.4, 0.5) is 13.2 Å². The number of hydrogen-bond acceptors (Lipinski definition) is 5. The van der Waals surface area contributed by atoms with E-state index in [9.17, 15) is 22.8 Å². The molecule has 2 aromatic rings. The summed E-state index contributed by atoms with van der Waals surface area (Å²) in [5.41, 5.74) is 7.86. The Kier molecular flexibility index (Phi) is 11.5. The second-order valence-corrected chi connectivity index (χ2v) is 12.2. The van der Waals surface area contributed by atoms with Crippen LogP contribution in [0.2, 0.25) is 0 Å². The van der Waals surface area contributed by atoms with Gasteiger partial charge in [-0.1, -0.05) is 90.0 Å². The van der Waals surface area contributed by atoms with Crippen molar-refractivity contribution in [2.24, 2.45) is 0 Å². The predicted molar refractivity (Wildman–Crippen MR) is 182 cm³/mol. The average Bonchev–Trinajstić information content (AvgIpc) is 3.77. The Bertz CT molecular complexity index is 1930. The van der Waals surface area contributed by atoms with E-state index in [1.54, 1.807) is 19.9 Å². The zero-order chi connectivity index (χ0) is 35.1. The van der Waals surface area contributed by atoms with Crippen LogP contribution in [0.25, 0.3) is 33.3 Å². The van der Waals surface area contributed by atoms with Crippen molar-refractivity contribution in [1.82, 2.24) is 19.9 Å². The Morgan fingerprint density at radius 3 is 1.63 bits per heavy atom. The maximum Gasteiger partial charge on any atom is 2.00 e. The number of carbonyl (C=O) groups is 2. The molecule has 7 nitrogen and oxygen atoms in total. The Balaban J connectivity index is 0.00000541. The standard InChI is InChI=1S/C38H44F3N4O3.Zn/c1-9-20-21(10-2)28-18-30-24(13-5)25(14-6)32(44-30)33(48-36(47)38(39,40)41)34-37(15-7,16-8)35(46)31(45-34)19-29-23(12-4)22(11-3)27(43-29)17-26(20)42-28;/h17-19H,9-16H2,1-8H3,(H-,42,43,44,45,46);/q-1;+2/p-1. The number of halogens is 3. The molecule has 3 aliphatic heterocycles. The first kappa shape index (κ1) is 38.2. The number of ketones is 1. The number of carbonyl (C=O) groups excluding carboxylic acids is 2. The van der Waals surface area contributed by atoms with Crippen LogP contribution in [0.3, 0.4) is 0 Å². The molecule has 2 aromatic heterocycles. The molecule has 5 rings (SSSR count). The van der Waals surface area contributed by atoms with Gasteiger partial charge in [-0.2, -0.15) is 13.2 Å². The molecule has 0 unspecified atom stereocenters. The monoisotopic (exact) mass is 724 g/mol. The molecule has 0 aliphatic carbocycles. The van der Waals surface area contributed by atoms with Crippen molar-refractivity contribution >= 4 is 45.1 Å². The quantitative estimate of drug-likeness (QED) is 0.188. The molecule has 5 heterocycles. The molecule has 256 valence electrons. The Morgan fingerprint density at radius 2 is 1.18 bits per heavy atom. The molecule has 0 saturated carbocycles. The fraction of sp³-hybridized carbons (Fsp3) is 0.474. The van der Waals surface area contributed by atoms with Gasteiger partial charge in [-0.3, -0.25) is 4.79 Å². The Labute approximate surface area is 298 Å². The summed E-state index contributed by atoms with van der Waals surface area (Å²) in [4.78, 5) is 46.7. The van der Waals surface area contributed by atoms with Crippen molar-refractivity contribution in [1.29, 1.82) is 0 Å². The van der Waals surface area contributed by atoms with E-state index in [-0.39, 0.29) is 55.2 Å². The minimum absolute atomic E-state index is 0. The van der Waals surface area contributed by atoms with E-state index in [0.29, 0.717) is 49.1 Å². The van der Waals surface area contributed by atoms with Gasteiger partial charge in [0, 0.05) is 5.41 Å². The molecular weight excluding hydrogens is 683 g/mol. The number of alkyl halides is 3. The number of esters is 1. The van der Waals surface area contributed by atoms with E-state index >= 15 is 0 Å². The maximum absolute atomic E-state index is 14.4. The smallest absolute Gasteiger partial charge is 0.657 e. The number of allylic oxidation sites excluding steroid dienone is 4. The van der Waals surface area contributed by atoms with Crippen molar-refractivity contribution < 1.29 is 47.0 Å². The van der Waals surface area contributed by atoms with Gasteiger partial charge in [-0.15, -0.1) is 11.0 Å². The van der Waals surface area contributed by atoms with Gasteiger partial charge in [-0.05, 0) is 79.7 Å². The number of aryl methyl sites for hydroxylation is 2. The van der Waals surface area contributed by atoms with Gasteiger partial charge in [0.1, 0.15) is 17.2 Å². The summed E-state index contributed by atoms with van der Waals surface area (Å²) >= 11 is 0. The first-order valence-corrected chi connectivity index (χ1v) is 17.1. The predicted octanol–water partition coefficient (Wildman–Crippen LogP) is 9.29. The number of Topliss-reactive ketones (excluding diaryl/α,β-unsaturated/α-hetero) is 1. The van der Waals surface area contributed by atoms with Crippen LogP contribution in [-0.2, 0) is 42.5 Å². The molecule has 8 bridgehead atoms. The number of fused-ring (bicyclic) bond motifs is 8. The van der Waals surface area contributed by atoms with Crippen LogP contribution in [-0.4, -0.2) is 27.9 Å². The molecule has 49 heavy (non-hydrogen) atoms. The van der Waals surface area contributed by atoms with Gasteiger partial charge in [0.05, 0.1) is 17.1 Å². The second-order valence-electron chi connectivity index (χ2n) is 12.2. The van der Waals surface area contributed by atoms with Crippen LogP contribution in [0.15, 0.2) is 18.2 Å². The third kappa shape index (κ3) is 6.32. The molecule has 11 heteroatoms. The Hall–Kier alpha value is -3.59. The van der Waals surface area contributed by atoms with E-state index in [2.05, 4.69) is 20.8 Å². The molecule has 0 saturated heterocycles. The minimum Gasteiger partial charge on any atom is -0.657 e. The molecule has 0 N–H and O–H groups in total. The van der Waals surface area contributed by atoms with E-state index in [1.165, 1.54) is 0 Å². The normalized spacial score (nSPS) is 15.0. The number of rotatable bonds is 9. The third-order valence-electron chi connectivity index (χ3n) is 10.00. The van der Waals surface area contributed by atoms with Gasteiger partial charge in [0.15, 0.2) is 0 Å². The Morgan fingerprint density at radius 1 is 0.714 bits per heavy atom. The largest absolute Gasteiger partial charge is 2.00 e. The number of hydrogen-bond donors (Lipinski definition) is 0. The molecule has 0 amide bonds. The minimum atomic E-state index is -5.28. The van der Waals surface area contributed by atoms with Gasteiger partial charge in [0.2, 0.25) is 0 Å². The molecular formula is C38H43F3N4O3Zn. The van der Waals surface area contributed by atoms with Crippen molar-refractivity contribution in [3.05, 3.63) is 63.5 Å². The SMILES string of the molecule is CCC1=C(CC)c2cc3[n-]c(cc4nc(c(OC(=O)C(F)(F)F)c5[n-]c(cc1n2)C(=O)C5(CC)CC)C(CC)=C4CC)c(CC)c3CC.[Zn+2]. The van der Waals surface area contributed by atoms with Crippen LogP contribution in [0.5, 0.6) is 5.75 Å². The first-order valence-electron chi connectivity index (χ1n) is 17.1. The summed E-state index contributed by atoms with van der Waals surface area (Å²) in [7, 11) is 0.